The Kier molecular flexibility index (Phi) is 3.52. The van der Waals surface area contributed by atoms with Gasteiger partial charge >= 0.3 is 5.97 Å². The number of hydrogen-bond acceptors (Lipinski definition) is 2. The molecule has 0 rings (SSSR count). The molecule has 1 N–H and O–H groups in total. The van der Waals surface area contributed by atoms with Gasteiger partial charge in [0.15, 0.2) is 0 Å². The van der Waals surface area contributed by atoms with Crippen molar-refractivity contribution < 1.29 is 14.5 Å². The first-order valence-corrected chi connectivity index (χ1v) is 6.70. The van der Waals surface area contributed by atoms with Crippen molar-refractivity contribution in [3.05, 3.63) is 0 Å². The molecule has 0 bridgehead atoms. The molecular weight excluding hydrogens is 175 g/mol. The van der Waals surface area contributed by atoms with E-state index in [9.17, 15) is 9.36 Å². The Hall–Kier alpha value is -0.300. The molecule has 4 heteroatoms. The first-order valence-electron chi connectivity index (χ1n) is 4.10. The summed E-state index contributed by atoms with van der Waals surface area (Å²) in [5.41, 5.74) is 0. The van der Waals surface area contributed by atoms with Gasteiger partial charge in [0.25, 0.3) is 0 Å². The normalized spacial score (nSPS) is 13.0. The van der Waals surface area contributed by atoms with Crippen molar-refractivity contribution in [1.82, 2.24) is 0 Å². The highest BCUT2D eigenvalue weighted by Gasteiger charge is 2.45. The van der Waals surface area contributed by atoms with Crippen molar-refractivity contribution in [3.63, 3.8) is 0 Å². The van der Waals surface area contributed by atoms with Gasteiger partial charge in [-0.15, -0.1) is 0 Å². The maximum Gasteiger partial charge on any atom is 0.317 e. The summed E-state index contributed by atoms with van der Waals surface area (Å²) in [5.74, 6) is -0.930. The lowest BCUT2D eigenvalue weighted by Crippen LogP contribution is -2.36. The van der Waals surface area contributed by atoms with Crippen molar-refractivity contribution in [2.24, 2.45) is 0 Å². The lowest BCUT2D eigenvalue weighted by molar-refractivity contribution is -0.140. The molecule has 0 radical (unpaired) electrons. The highest BCUT2D eigenvalue weighted by atomic mass is 31.2. The Labute approximate surface area is 73.5 Å². The Morgan fingerprint density at radius 3 is 1.67 bits per heavy atom. The molecule has 72 valence electrons. The molecule has 3 nitrogen and oxygen atoms in total. The fourth-order valence-corrected chi connectivity index (χ4v) is 3.53. The summed E-state index contributed by atoms with van der Waals surface area (Å²) in [7, 11) is -2.56. The highest BCUT2D eigenvalue weighted by molar-refractivity contribution is 7.65. The summed E-state index contributed by atoms with van der Waals surface area (Å²) in [6.45, 7) is 6.65. The van der Waals surface area contributed by atoms with Gasteiger partial charge < -0.3 is 9.67 Å². The summed E-state index contributed by atoms with van der Waals surface area (Å²) in [6.07, 6.45) is 0.867. The Bertz CT molecular complexity index is 212. The quantitative estimate of drug-likeness (QED) is 0.695. The van der Waals surface area contributed by atoms with Crippen molar-refractivity contribution in [1.29, 1.82) is 0 Å². The molecule has 0 aliphatic carbocycles. The van der Waals surface area contributed by atoms with Gasteiger partial charge in [0.05, 0.1) is 7.14 Å². The predicted octanol–water partition coefficient (Wildman–Crippen LogP) is 2.25. The molecule has 0 aromatic rings. The van der Waals surface area contributed by atoms with Crippen LogP contribution in [0.5, 0.6) is 0 Å². The molecule has 0 aliphatic heterocycles. The van der Waals surface area contributed by atoms with E-state index in [2.05, 4.69) is 0 Å². The highest BCUT2D eigenvalue weighted by Crippen LogP contribution is 2.55. The zero-order valence-corrected chi connectivity index (χ0v) is 9.02. The van der Waals surface area contributed by atoms with E-state index >= 15 is 0 Å². The summed E-state index contributed by atoms with van der Waals surface area (Å²) in [4.78, 5) is 11.0. The van der Waals surface area contributed by atoms with E-state index in [-0.39, 0.29) is 0 Å². The van der Waals surface area contributed by atoms with Crippen LogP contribution < -0.4 is 0 Å². The maximum atomic E-state index is 11.8. The molecule has 0 aliphatic rings. The van der Waals surface area contributed by atoms with Crippen LogP contribution >= 0.6 is 7.14 Å². The van der Waals surface area contributed by atoms with E-state index in [4.69, 9.17) is 5.11 Å². The van der Waals surface area contributed by atoms with Gasteiger partial charge in [0.2, 0.25) is 0 Å². The molecule has 0 aromatic heterocycles. The molecule has 0 amide bonds. The molecule has 0 aromatic carbocycles. The third kappa shape index (κ3) is 1.71. The molecular formula is C8H17O3P. The second kappa shape index (κ2) is 3.61. The molecule has 0 fully saturated rings. The van der Waals surface area contributed by atoms with Gasteiger partial charge in [-0.1, -0.05) is 13.8 Å². The minimum Gasteiger partial charge on any atom is -0.480 e. The molecule has 0 spiro atoms. The van der Waals surface area contributed by atoms with Crippen LogP contribution in [-0.4, -0.2) is 29.6 Å². The predicted molar refractivity (Wildman–Crippen MR) is 50.4 cm³/mol. The molecule has 12 heavy (non-hydrogen) atoms. The molecule has 0 unspecified atom stereocenters. The molecule has 0 heterocycles. The first-order chi connectivity index (χ1) is 5.31. The van der Waals surface area contributed by atoms with Gasteiger partial charge in [-0.05, 0) is 26.2 Å². The molecule has 0 atom stereocenters. The van der Waals surface area contributed by atoms with E-state index in [1.165, 1.54) is 0 Å². The number of carbonyl (C=O) groups is 1. The zero-order chi connectivity index (χ0) is 9.99. The largest absolute Gasteiger partial charge is 0.480 e. The summed E-state index contributed by atoms with van der Waals surface area (Å²) in [6, 6.07) is 0. The number of carboxylic acid groups (broad SMARTS) is 1. The van der Waals surface area contributed by atoms with Crippen molar-refractivity contribution >= 4 is 13.1 Å². The minimum atomic E-state index is -2.56. The Morgan fingerprint density at radius 2 is 1.67 bits per heavy atom. The van der Waals surface area contributed by atoms with Crippen LogP contribution in [0.1, 0.15) is 26.7 Å². The average molecular weight is 192 g/mol. The van der Waals surface area contributed by atoms with Gasteiger partial charge in [-0.2, -0.15) is 0 Å². The molecule has 0 saturated carbocycles. The van der Waals surface area contributed by atoms with Crippen LogP contribution in [0.2, 0.25) is 0 Å². The maximum absolute atomic E-state index is 11.8. The van der Waals surface area contributed by atoms with Crippen LogP contribution in [0.3, 0.4) is 0 Å². The number of hydrogen-bond donors (Lipinski definition) is 1. The van der Waals surface area contributed by atoms with E-state index in [0.717, 1.165) is 0 Å². The lowest BCUT2D eigenvalue weighted by atomic mass is 10.0. The standard InChI is InChI=1S/C8H17O3P/c1-5-8(6-2,7(9)10)12(3,4)11/h5-6H2,1-4H3,(H,9,10). The number of rotatable bonds is 4. The van der Waals surface area contributed by atoms with Crippen molar-refractivity contribution in [2.75, 3.05) is 13.3 Å². The van der Waals surface area contributed by atoms with Crippen molar-refractivity contribution in [2.45, 2.75) is 31.8 Å². The Morgan fingerprint density at radius 1 is 1.33 bits per heavy atom. The van der Waals surface area contributed by atoms with Gasteiger partial charge in [-0.3, -0.25) is 4.79 Å². The van der Waals surface area contributed by atoms with E-state index in [1.807, 2.05) is 0 Å². The van der Waals surface area contributed by atoms with Crippen LogP contribution in [-0.2, 0) is 9.36 Å². The fourth-order valence-electron chi connectivity index (χ4n) is 1.54. The number of carboxylic acids is 1. The summed E-state index contributed by atoms with van der Waals surface area (Å²) in [5, 5.41) is 7.98. The SMILES string of the molecule is CCC(CC)(C(=O)O)P(C)(C)=O. The third-order valence-electron chi connectivity index (χ3n) is 2.60. The monoisotopic (exact) mass is 192 g/mol. The van der Waals surface area contributed by atoms with Gasteiger partial charge in [0, 0.05) is 0 Å². The van der Waals surface area contributed by atoms with Crippen LogP contribution in [0.4, 0.5) is 0 Å². The number of aliphatic carboxylic acids is 1. The van der Waals surface area contributed by atoms with Crippen LogP contribution in [0, 0.1) is 0 Å². The second-order valence-electron chi connectivity index (χ2n) is 3.39. The van der Waals surface area contributed by atoms with E-state index < -0.39 is 18.3 Å². The topological polar surface area (TPSA) is 54.4 Å². The summed E-state index contributed by atoms with van der Waals surface area (Å²) >= 11 is 0. The van der Waals surface area contributed by atoms with Crippen LogP contribution in [0.15, 0.2) is 0 Å². The average Bonchev–Trinajstić information content (AvgIpc) is 1.87. The Balaban J connectivity index is 5.12. The third-order valence-corrected chi connectivity index (χ3v) is 5.48. The first kappa shape index (κ1) is 11.7. The van der Waals surface area contributed by atoms with Gasteiger partial charge in [0.1, 0.15) is 5.16 Å². The smallest absolute Gasteiger partial charge is 0.317 e. The lowest BCUT2D eigenvalue weighted by Gasteiger charge is -2.30. The second-order valence-corrected chi connectivity index (χ2v) is 6.95. The van der Waals surface area contributed by atoms with Crippen LogP contribution in [0.25, 0.3) is 0 Å². The van der Waals surface area contributed by atoms with E-state index in [0.29, 0.717) is 12.8 Å². The summed E-state index contributed by atoms with van der Waals surface area (Å²) < 4.78 is 11.8. The van der Waals surface area contributed by atoms with E-state index in [1.54, 1.807) is 27.2 Å². The minimum absolute atomic E-state index is 0.434. The molecule has 0 saturated heterocycles. The fraction of sp³-hybridized carbons (Fsp3) is 0.875. The van der Waals surface area contributed by atoms with Gasteiger partial charge in [-0.25, -0.2) is 0 Å². The zero-order valence-electron chi connectivity index (χ0n) is 8.13. The van der Waals surface area contributed by atoms with Crippen molar-refractivity contribution in [3.8, 4) is 0 Å².